The van der Waals surface area contributed by atoms with Gasteiger partial charge in [0.15, 0.2) is 5.13 Å². The van der Waals surface area contributed by atoms with Crippen molar-refractivity contribution in [3.8, 4) is 0 Å². The van der Waals surface area contributed by atoms with Gasteiger partial charge < -0.3 is 5.32 Å². The minimum Gasteiger partial charge on any atom is -0.302 e. The summed E-state index contributed by atoms with van der Waals surface area (Å²) < 4.78 is 0.783. The van der Waals surface area contributed by atoms with E-state index in [1.54, 1.807) is 23.5 Å². The monoisotopic (exact) mass is 342 g/mol. The van der Waals surface area contributed by atoms with Gasteiger partial charge in [0.1, 0.15) is 5.52 Å². The standard InChI is InChI=1S/C13H8Cl2N2OS2/c14-8-3-4-9(15)12-11(8)17-13(20-12)16-10(18)6-7-2-1-5-19-7/h1-5H,6H2,(H,16,17,18). The zero-order valence-corrected chi connectivity index (χ0v) is 13.2. The number of anilines is 1. The van der Waals surface area contributed by atoms with E-state index in [1.807, 2.05) is 17.5 Å². The number of hydrogen-bond acceptors (Lipinski definition) is 4. The molecule has 1 amide bonds. The van der Waals surface area contributed by atoms with Gasteiger partial charge in [-0.15, -0.1) is 11.3 Å². The SMILES string of the molecule is O=C(Cc1cccs1)Nc1nc2c(Cl)ccc(Cl)c2s1. The van der Waals surface area contributed by atoms with Gasteiger partial charge in [-0.2, -0.15) is 0 Å². The summed E-state index contributed by atoms with van der Waals surface area (Å²) in [6.07, 6.45) is 0.342. The number of aromatic nitrogens is 1. The molecule has 0 saturated carbocycles. The summed E-state index contributed by atoms with van der Waals surface area (Å²) in [5, 5.41) is 6.35. The van der Waals surface area contributed by atoms with Gasteiger partial charge in [-0.3, -0.25) is 4.79 Å². The van der Waals surface area contributed by atoms with Gasteiger partial charge in [0, 0.05) is 4.88 Å². The van der Waals surface area contributed by atoms with E-state index in [2.05, 4.69) is 10.3 Å². The quantitative estimate of drug-likeness (QED) is 0.739. The van der Waals surface area contributed by atoms with Crippen molar-refractivity contribution in [1.29, 1.82) is 0 Å². The smallest absolute Gasteiger partial charge is 0.231 e. The summed E-state index contributed by atoms with van der Waals surface area (Å²) in [7, 11) is 0. The molecular weight excluding hydrogens is 335 g/mol. The van der Waals surface area contributed by atoms with Crippen LogP contribution in [-0.4, -0.2) is 10.9 Å². The Bertz CT molecular complexity index is 729. The average molecular weight is 343 g/mol. The molecule has 0 unspecified atom stereocenters. The molecule has 0 spiro atoms. The molecule has 0 aliphatic heterocycles. The molecule has 20 heavy (non-hydrogen) atoms. The van der Waals surface area contributed by atoms with E-state index < -0.39 is 0 Å². The molecule has 0 fully saturated rings. The van der Waals surface area contributed by atoms with E-state index in [0.717, 1.165) is 9.58 Å². The van der Waals surface area contributed by atoms with Gasteiger partial charge in [-0.05, 0) is 23.6 Å². The van der Waals surface area contributed by atoms with Crippen molar-refractivity contribution in [3.63, 3.8) is 0 Å². The van der Waals surface area contributed by atoms with Crippen LogP contribution < -0.4 is 5.32 Å². The fourth-order valence-electron chi connectivity index (χ4n) is 1.73. The zero-order chi connectivity index (χ0) is 14.1. The maximum Gasteiger partial charge on any atom is 0.231 e. The Hall–Kier alpha value is -1.14. The number of thiazole rings is 1. The van der Waals surface area contributed by atoms with Crippen molar-refractivity contribution in [2.75, 3.05) is 5.32 Å². The van der Waals surface area contributed by atoms with Crippen molar-refractivity contribution < 1.29 is 4.79 Å². The minimum atomic E-state index is -0.0984. The highest BCUT2D eigenvalue weighted by Crippen LogP contribution is 2.36. The van der Waals surface area contributed by atoms with Gasteiger partial charge in [0.2, 0.25) is 5.91 Å². The first-order valence-electron chi connectivity index (χ1n) is 5.70. The molecule has 0 aliphatic rings. The molecule has 3 rings (SSSR count). The van der Waals surface area contributed by atoms with Crippen LogP contribution in [0.2, 0.25) is 10.0 Å². The van der Waals surface area contributed by atoms with Crippen LogP contribution in [0.5, 0.6) is 0 Å². The molecule has 0 atom stereocenters. The van der Waals surface area contributed by atoms with E-state index in [4.69, 9.17) is 23.2 Å². The summed E-state index contributed by atoms with van der Waals surface area (Å²) in [5.74, 6) is -0.0984. The number of amides is 1. The fourth-order valence-corrected chi connectivity index (χ4v) is 3.87. The molecule has 0 aliphatic carbocycles. The normalized spacial score (nSPS) is 10.9. The highest BCUT2D eigenvalue weighted by molar-refractivity contribution is 7.23. The molecule has 3 nitrogen and oxygen atoms in total. The van der Waals surface area contributed by atoms with Crippen LogP contribution >= 0.6 is 45.9 Å². The van der Waals surface area contributed by atoms with Gasteiger partial charge >= 0.3 is 0 Å². The molecule has 1 N–H and O–H groups in total. The van der Waals surface area contributed by atoms with Crippen LogP contribution in [0, 0.1) is 0 Å². The lowest BCUT2D eigenvalue weighted by molar-refractivity contribution is -0.115. The summed E-state index contributed by atoms with van der Waals surface area (Å²) in [5.41, 5.74) is 0.621. The third-order valence-corrected chi connectivity index (χ3v) is 5.22. The minimum absolute atomic E-state index is 0.0984. The van der Waals surface area contributed by atoms with Crippen molar-refractivity contribution in [2.45, 2.75) is 6.42 Å². The van der Waals surface area contributed by atoms with Crippen LogP contribution in [0.3, 0.4) is 0 Å². The molecule has 0 radical (unpaired) electrons. The first-order valence-corrected chi connectivity index (χ1v) is 8.15. The molecule has 0 saturated heterocycles. The average Bonchev–Trinajstić information content (AvgIpc) is 3.03. The Morgan fingerprint density at radius 1 is 1.25 bits per heavy atom. The highest BCUT2D eigenvalue weighted by Gasteiger charge is 2.13. The molecule has 1 aromatic carbocycles. The predicted octanol–water partition coefficient (Wildman–Crippen LogP) is 4.85. The number of rotatable bonds is 3. The first kappa shape index (κ1) is 13.8. The van der Waals surface area contributed by atoms with Crippen LogP contribution in [0.15, 0.2) is 29.6 Å². The molecule has 2 heterocycles. The van der Waals surface area contributed by atoms with E-state index >= 15 is 0 Å². The topological polar surface area (TPSA) is 42.0 Å². The lowest BCUT2D eigenvalue weighted by Crippen LogP contribution is -2.13. The third kappa shape index (κ3) is 2.81. The number of fused-ring (bicyclic) bond motifs is 1. The van der Waals surface area contributed by atoms with E-state index in [-0.39, 0.29) is 5.91 Å². The van der Waals surface area contributed by atoms with Gasteiger partial charge in [-0.1, -0.05) is 40.6 Å². The Kier molecular flexibility index (Phi) is 3.94. The van der Waals surface area contributed by atoms with Crippen molar-refractivity contribution in [1.82, 2.24) is 4.98 Å². The Morgan fingerprint density at radius 3 is 2.75 bits per heavy atom. The number of carbonyl (C=O) groups is 1. The van der Waals surface area contributed by atoms with Gasteiger partial charge in [0.25, 0.3) is 0 Å². The second kappa shape index (κ2) is 5.69. The highest BCUT2D eigenvalue weighted by atomic mass is 35.5. The molecule has 0 bridgehead atoms. The second-order valence-electron chi connectivity index (χ2n) is 4.03. The van der Waals surface area contributed by atoms with Crippen LogP contribution in [0.4, 0.5) is 5.13 Å². The van der Waals surface area contributed by atoms with E-state index in [1.165, 1.54) is 11.3 Å². The maximum absolute atomic E-state index is 11.9. The van der Waals surface area contributed by atoms with Crippen molar-refractivity contribution >= 4 is 67.1 Å². The van der Waals surface area contributed by atoms with Gasteiger partial charge in [-0.25, -0.2) is 4.98 Å². The summed E-state index contributed by atoms with van der Waals surface area (Å²) in [4.78, 5) is 17.3. The lowest BCUT2D eigenvalue weighted by atomic mass is 10.3. The van der Waals surface area contributed by atoms with E-state index in [0.29, 0.717) is 27.1 Å². The molecular formula is C13H8Cl2N2OS2. The number of nitrogens with one attached hydrogen (secondary N) is 1. The fraction of sp³-hybridized carbons (Fsp3) is 0.0769. The van der Waals surface area contributed by atoms with Crippen LogP contribution in [-0.2, 0) is 11.2 Å². The number of carbonyl (C=O) groups excluding carboxylic acids is 1. The lowest BCUT2D eigenvalue weighted by Gasteiger charge is -1.98. The Balaban J connectivity index is 1.82. The maximum atomic E-state index is 11.9. The number of hydrogen-bond donors (Lipinski definition) is 1. The summed E-state index contributed by atoms with van der Waals surface area (Å²) >= 11 is 15.0. The largest absolute Gasteiger partial charge is 0.302 e. The van der Waals surface area contributed by atoms with Crippen LogP contribution in [0.1, 0.15) is 4.88 Å². The van der Waals surface area contributed by atoms with E-state index in [9.17, 15) is 4.79 Å². The van der Waals surface area contributed by atoms with Crippen LogP contribution in [0.25, 0.3) is 10.2 Å². The number of nitrogens with zero attached hydrogens (tertiary/aromatic N) is 1. The molecule has 102 valence electrons. The molecule has 3 aromatic rings. The number of benzene rings is 1. The Morgan fingerprint density at radius 2 is 2.05 bits per heavy atom. The Labute approximate surface area is 133 Å². The zero-order valence-electron chi connectivity index (χ0n) is 10.0. The second-order valence-corrected chi connectivity index (χ2v) is 6.88. The van der Waals surface area contributed by atoms with Crippen molar-refractivity contribution in [3.05, 3.63) is 44.6 Å². The summed E-state index contributed by atoms with van der Waals surface area (Å²) in [6.45, 7) is 0. The first-order chi connectivity index (χ1) is 9.63. The molecule has 2 aromatic heterocycles. The number of halogens is 2. The summed E-state index contributed by atoms with van der Waals surface area (Å²) in [6, 6.07) is 7.27. The number of thiophene rings is 1. The molecule has 7 heteroatoms. The van der Waals surface area contributed by atoms with Gasteiger partial charge in [0.05, 0.1) is 21.2 Å². The predicted molar refractivity (Wildman–Crippen MR) is 86.3 cm³/mol. The van der Waals surface area contributed by atoms with Crippen molar-refractivity contribution in [2.24, 2.45) is 0 Å². The third-order valence-electron chi connectivity index (χ3n) is 2.61.